The summed E-state index contributed by atoms with van der Waals surface area (Å²) < 4.78 is 0. The van der Waals surface area contributed by atoms with E-state index in [2.05, 4.69) is 35.5 Å². The summed E-state index contributed by atoms with van der Waals surface area (Å²) in [4.78, 5) is 18.0. The number of nitrogens with zero attached hydrogens (tertiary/aromatic N) is 2. The molecule has 1 aliphatic heterocycles. The van der Waals surface area contributed by atoms with Gasteiger partial charge >= 0.3 is 6.03 Å². The van der Waals surface area contributed by atoms with E-state index in [1.54, 1.807) is 0 Å². The van der Waals surface area contributed by atoms with Gasteiger partial charge in [0, 0.05) is 24.0 Å². The van der Waals surface area contributed by atoms with Crippen molar-refractivity contribution in [3.05, 3.63) is 21.9 Å². The minimum Gasteiger partial charge on any atom is -0.336 e. The van der Waals surface area contributed by atoms with Crippen LogP contribution in [0.2, 0.25) is 0 Å². The fourth-order valence-corrected chi connectivity index (χ4v) is 3.53. The first-order valence-corrected chi connectivity index (χ1v) is 8.19. The van der Waals surface area contributed by atoms with Crippen LogP contribution in [0.1, 0.15) is 36.8 Å². The largest absolute Gasteiger partial charge is 0.336 e. The summed E-state index contributed by atoms with van der Waals surface area (Å²) in [6, 6.07) is 2.83. The van der Waals surface area contributed by atoms with E-state index in [-0.39, 0.29) is 12.1 Å². The van der Waals surface area contributed by atoms with Gasteiger partial charge in [-0.2, -0.15) is 0 Å². The minimum absolute atomic E-state index is 0.0717. The van der Waals surface area contributed by atoms with Crippen LogP contribution in [0.25, 0.3) is 0 Å². The molecule has 5 heteroatoms. The third kappa shape index (κ3) is 3.15. The molecule has 0 fully saturated rings. The normalized spacial score (nSPS) is 19.9. The van der Waals surface area contributed by atoms with Gasteiger partial charge in [0.2, 0.25) is 0 Å². The number of hydrogen-bond donors (Lipinski definition) is 1. The number of rotatable bonds is 4. The number of amides is 2. The molecule has 1 aliphatic rings. The molecule has 0 radical (unpaired) electrons. The van der Waals surface area contributed by atoms with Gasteiger partial charge in [0.05, 0.1) is 6.04 Å². The summed E-state index contributed by atoms with van der Waals surface area (Å²) in [5.41, 5.74) is 1.35. The highest BCUT2D eigenvalue weighted by Crippen LogP contribution is 2.35. The Kier molecular flexibility index (Phi) is 5.05. The number of likely N-dealkylation sites (N-methyl/N-ethyl adjacent to an activating group) is 1. The third-order valence-corrected chi connectivity index (χ3v) is 5.17. The summed E-state index contributed by atoms with van der Waals surface area (Å²) in [6.45, 7) is 5.79. The summed E-state index contributed by atoms with van der Waals surface area (Å²) in [6.07, 6.45) is 1.96. The molecule has 0 bridgehead atoms. The molecule has 4 nitrogen and oxygen atoms in total. The summed E-state index contributed by atoms with van der Waals surface area (Å²) in [5.74, 6) is 0. The van der Waals surface area contributed by atoms with E-state index >= 15 is 0 Å². The molecule has 0 saturated carbocycles. The molecule has 20 heavy (non-hydrogen) atoms. The zero-order chi connectivity index (χ0) is 14.7. The standard InChI is InChI=1S/C15H25N3OS/c1-5-13-12-7-9-20-14(12)6-8-18(13)15(19)16-10-11(2)17(3)4/h7,9,11,13H,5-6,8,10H2,1-4H3,(H,16,19)/t11-,13+/m1/s1. The Hall–Kier alpha value is -1.07. The molecule has 0 unspecified atom stereocenters. The Morgan fingerprint density at radius 1 is 1.60 bits per heavy atom. The molecule has 0 aromatic carbocycles. The van der Waals surface area contributed by atoms with Crippen molar-refractivity contribution < 1.29 is 4.79 Å². The van der Waals surface area contributed by atoms with Crippen LogP contribution in [0.4, 0.5) is 4.79 Å². The van der Waals surface area contributed by atoms with Crippen molar-refractivity contribution in [1.82, 2.24) is 15.1 Å². The second kappa shape index (κ2) is 6.59. The van der Waals surface area contributed by atoms with Gasteiger partial charge in [-0.15, -0.1) is 11.3 Å². The molecule has 0 aliphatic carbocycles. The minimum atomic E-state index is 0.0717. The number of carbonyl (C=O) groups excluding carboxylic acids is 1. The third-order valence-electron chi connectivity index (χ3n) is 4.17. The highest BCUT2D eigenvalue weighted by Gasteiger charge is 2.30. The van der Waals surface area contributed by atoms with Crippen LogP contribution in [-0.2, 0) is 6.42 Å². The maximum Gasteiger partial charge on any atom is 0.317 e. The monoisotopic (exact) mass is 295 g/mol. The predicted octanol–water partition coefficient (Wildman–Crippen LogP) is 2.72. The Morgan fingerprint density at radius 3 is 3.00 bits per heavy atom. The first kappa shape index (κ1) is 15.3. The predicted molar refractivity (Wildman–Crippen MR) is 84.3 cm³/mol. The van der Waals surface area contributed by atoms with Gasteiger partial charge in [-0.3, -0.25) is 0 Å². The van der Waals surface area contributed by atoms with Crippen LogP contribution in [0, 0.1) is 0 Å². The average molecular weight is 295 g/mol. The number of carbonyl (C=O) groups is 1. The van der Waals surface area contributed by atoms with E-state index in [4.69, 9.17) is 0 Å². The summed E-state index contributed by atoms with van der Waals surface area (Å²) >= 11 is 1.82. The zero-order valence-electron chi connectivity index (χ0n) is 12.8. The number of thiophene rings is 1. The Bertz CT molecular complexity index is 458. The number of urea groups is 1. The molecule has 0 saturated heterocycles. The van der Waals surface area contributed by atoms with Crippen molar-refractivity contribution in [2.75, 3.05) is 27.2 Å². The SMILES string of the molecule is CC[C@H]1c2ccsc2CCN1C(=O)NC[C@@H](C)N(C)C. The van der Waals surface area contributed by atoms with Crippen LogP contribution in [-0.4, -0.2) is 49.1 Å². The van der Waals surface area contributed by atoms with Gasteiger partial charge in [0.15, 0.2) is 0 Å². The fraction of sp³-hybridized carbons (Fsp3) is 0.667. The molecule has 1 N–H and O–H groups in total. The first-order chi connectivity index (χ1) is 9.54. The van der Waals surface area contributed by atoms with Crippen molar-refractivity contribution in [1.29, 1.82) is 0 Å². The molecule has 2 amide bonds. The van der Waals surface area contributed by atoms with Crippen LogP contribution in [0.15, 0.2) is 11.4 Å². The van der Waals surface area contributed by atoms with Crippen molar-refractivity contribution in [2.45, 2.75) is 38.8 Å². The smallest absolute Gasteiger partial charge is 0.317 e. The van der Waals surface area contributed by atoms with Crippen LogP contribution in [0.5, 0.6) is 0 Å². The quantitative estimate of drug-likeness (QED) is 0.927. The van der Waals surface area contributed by atoms with E-state index in [0.29, 0.717) is 12.6 Å². The molecule has 1 aromatic heterocycles. The van der Waals surface area contributed by atoms with Crippen molar-refractivity contribution >= 4 is 17.4 Å². The van der Waals surface area contributed by atoms with Gasteiger partial charge in [-0.05, 0) is 50.9 Å². The Labute approximate surface area is 125 Å². The molecule has 112 valence electrons. The molecular weight excluding hydrogens is 270 g/mol. The fourth-order valence-electron chi connectivity index (χ4n) is 2.60. The second-order valence-electron chi connectivity index (χ2n) is 5.67. The van der Waals surface area contributed by atoms with E-state index in [1.807, 2.05) is 30.3 Å². The molecule has 2 atom stereocenters. The van der Waals surface area contributed by atoms with E-state index in [9.17, 15) is 4.79 Å². The Balaban J connectivity index is 2.00. The maximum absolute atomic E-state index is 12.4. The van der Waals surface area contributed by atoms with Gasteiger partial charge < -0.3 is 15.1 Å². The molecular formula is C15H25N3OS. The maximum atomic E-state index is 12.4. The van der Waals surface area contributed by atoms with Crippen molar-refractivity contribution in [3.8, 4) is 0 Å². The Morgan fingerprint density at radius 2 is 2.35 bits per heavy atom. The second-order valence-corrected chi connectivity index (χ2v) is 6.67. The van der Waals surface area contributed by atoms with Gasteiger partial charge in [0.1, 0.15) is 0 Å². The lowest BCUT2D eigenvalue weighted by Crippen LogP contribution is -2.48. The zero-order valence-corrected chi connectivity index (χ0v) is 13.7. The van der Waals surface area contributed by atoms with Crippen LogP contribution in [0.3, 0.4) is 0 Å². The highest BCUT2D eigenvalue weighted by atomic mass is 32.1. The molecule has 2 heterocycles. The lowest BCUT2D eigenvalue weighted by Gasteiger charge is -2.36. The average Bonchev–Trinajstić information content (AvgIpc) is 2.91. The van der Waals surface area contributed by atoms with E-state index in [0.717, 1.165) is 19.4 Å². The van der Waals surface area contributed by atoms with Gasteiger partial charge in [0.25, 0.3) is 0 Å². The van der Waals surface area contributed by atoms with Crippen molar-refractivity contribution in [3.63, 3.8) is 0 Å². The van der Waals surface area contributed by atoms with Crippen molar-refractivity contribution in [2.24, 2.45) is 0 Å². The van der Waals surface area contributed by atoms with E-state index < -0.39 is 0 Å². The number of hydrogen-bond acceptors (Lipinski definition) is 3. The number of fused-ring (bicyclic) bond motifs is 1. The van der Waals surface area contributed by atoms with Crippen LogP contribution < -0.4 is 5.32 Å². The topological polar surface area (TPSA) is 35.6 Å². The first-order valence-electron chi connectivity index (χ1n) is 7.31. The van der Waals surface area contributed by atoms with Gasteiger partial charge in [-0.25, -0.2) is 4.79 Å². The molecule has 2 rings (SSSR count). The van der Waals surface area contributed by atoms with E-state index in [1.165, 1.54) is 10.4 Å². The highest BCUT2D eigenvalue weighted by molar-refractivity contribution is 7.10. The molecule has 0 spiro atoms. The number of nitrogens with one attached hydrogen (secondary N) is 1. The summed E-state index contributed by atoms with van der Waals surface area (Å²) in [5, 5.41) is 5.21. The summed E-state index contributed by atoms with van der Waals surface area (Å²) in [7, 11) is 4.06. The molecule has 1 aromatic rings. The van der Waals surface area contributed by atoms with Gasteiger partial charge in [-0.1, -0.05) is 6.92 Å². The lowest BCUT2D eigenvalue weighted by molar-refractivity contribution is 0.164. The lowest BCUT2D eigenvalue weighted by atomic mass is 9.98. The van der Waals surface area contributed by atoms with Crippen LogP contribution >= 0.6 is 11.3 Å².